The van der Waals surface area contributed by atoms with Gasteiger partial charge in [0.05, 0.1) is 17.2 Å². The van der Waals surface area contributed by atoms with Crippen LogP contribution in [0.15, 0.2) is 71.1 Å². The highest BCUT2D eigenvalue weighted by Gasteiger charge is 2.37. The van der Waals surface area contributed by atoms with Crippen molar-refractivity contribution in [3.63, 3.8) is 0 Å². The maximum Gasteiger partial charge on any atom is 0.380 e. The first kappa shape index (κ1) is 12.0. The minimum atomic E-state index is 0.737. The molecule has 3 heteroatoms. The zero-order valence-corrected chi connectivity index (χ0v) is 12.3. The van der Waals surface area contributed by atoms with E-state index in [0.29, 0.717) is 0 Å². The van der Waals surface area contributed by atoms with Gasteiger partial charge in [0, 0.05) is 16.7 Å². The lowest BCUT2D eigenvalue weighted by molar-refractivity contribution is -0.485. The fraction of sp³-hybridized carbons (Fsp3) is 0. The van der Waals surface area contributed by atoms with Crippen molar-refractivity contribution in [3.8, 4) is 33.8 Å². The summed E-state index contributed by atoms with van der Waals surface area (Å²) in [6.07, 6.45) is 0. The van der Waals surface area contributed by atoms with Crippen molar-refractivity contribution in [1.82, 2.24) is 0 Å². The first-order valence-electron chi connectivity index (χ1n) is 7.16. The van der Waals surface area contributed by atoms with Crippen molar-refractivity contribution in [1.29, 1.82) is 0 Å². The second-order valence-corrected chi connectivity index (χ2v) is 5.86. The third kappa shape index (κ3) is 1.48. The minimum absolute atomic E-state index is 0.737. The predicted molar refractivity (Wildman–Crippen MR) is 86.7 cm³/mol. The van der Waals surface area contributed by atoms with E-state index >= 15 is 0 Å². The summed E-state index contributed by atoms with van der Waals surface area (Å²) >= 11 is 6.23. The lowest BCUT2D eigenvalue weighted by Gasteiger charge is -1.99. The molecule has 1 aliphatic heterocycles. The number of oxazole rings is 1. The van der Waals surface area contributed by atoms with Crippen molar-refractivity contribution in [3.05, 3.63) is 71.8 Å². The van der Waals surface area contributed by atoms with Crippen molar-refractivity contribution in [2.24, 2.45) is 0 Å². The lowest BCUT2D eigenvalue weighted by atomic mass is 10.0. The van der Waals surface area contributed by atoms with Gasteiger partial charge in [-0.3, -0.25) is 0 Å². The van der Waals surface area contributed by atoms with Crippen LogP contribution in [0.25, 0.3) is 39.6 Å². The molecule has 2 aromatic heterocycles. The molecular weight excluding hydrogens is 294 g/mol. The largest absolute Gasteiger partial charge is 0.397 e. The molecule has 0 fully saturated rings. The van der Waals surface area contributed by atoms with Gasteiger partial charge in [0.1, 0.15) is 0 Å². The van der Waals surface area contributed by atoms with Crippen LogP contribution in [0.5, 0.6) is 0 Å². The van der Waals surface area contributed by atoms with Gasteiger partial charge < -0.3 is 4.42 Å². The van der Waals surface area contributed by atoms with E-state index in [0.717, 1.165) is 39.0 Å². The molecule has 3 heterocycles. The van der Waals surface area contributed by atoms with Crippen molar-refractivity contribution in [2.75, 3.05) is 0 Å². The summed E-state index contributed by atoms with van der Waals surface area (Å²) in [5.74, 6) is 0.883. The van der Waals surface area contributed by atoms with Gasteiger partial charge in [-0.15, -0.1) is 4.40 Å². The molecule has 0 amide bonds. The van der Waals surface area contributed by atoms with Crippen LogP contribution < -0.4 is 4.40 Å². The minimum Gasteiger partial charge on any atom is -0.397 e. The van der Waals surface area contributed by atoms with Gasteiger partial charge in [-0.05, 0) is 24.3 Å². The Labute approximate surface area is 132 Å². The molecular formula is C19H11ClNO+. The quantitative estimate of drug-likeness (QED) is 0.399. The van der Waals surface area contributed by atoms with Crippen LogP contribution in [0.1, 0.15) is 0 Å². The molecule has 104 valence electrons. The fourth-order valence-corrected chi connectivity index (χ4v) is 3.40. The van der Waals surface area contributed by atoms with Gasteiger partial charge in [-0.1, -0.05) is 41.9 Å². The number of aromatic nitrogens is 1. The summed E-state index contributed by atoms with van der Waals surface area (Å²) < 4.78 is 8.30. The summed E-state index contributed by atoms with van der Waals surface area (Å²) in [5, 5.41) is 0.737. The number of hydrogen-bond donors (Lipinski definition) is 0. The van der Waals surface area contributed by atoms with Crippen molar-refractivity contribution < 1.29 is 8.82 Å². The summed E-state index contributed by atoms with van der Waals surface area (Å²) in [6, 6.07) is 22.3. The normalized spacial score (nSPS) is 11.9. The van der Waals surface area contributed by atoms with Crippen LogP contribution in [-0.4, -0.2) is 0 Å². The Kier molecular flexibility index (Phi) is 2.30. The maximum absolute atomic E-state index is 6.23. The van der Waals surface area contributed by atoms with Crippen LogP contribution in [-0.2, 0) is 0 Å². The van der Waals surface area contributed by atoms with E-state index in [2.05, 4.69) is 28.7 Å². The van der Waals surface area contributed by atoms with Gasteiger partial charge in [0.2, 0.25) is 11.5 Å². The number of hydrogen-bond acceptors (Lipinski definition) is 1. The van der Waals surface area contributed by atoms with Gasteiger partial charge >= 0.3 is 5.71 Å². The van der Waals surface area contributed by atoms with E-state index < -0.39 is 0 Å². The van der Waals surface area contributed by atoms with E-state index in [1.54, 1.807) is 0 Å². The Morgan fingerprint density at radius 1 is 0.818 bits per heavy atom. The Balaban J connectivity index is 1.95. The molecule has 1 aliphatic rings. The zero-order valence-electron chi connectivity index (χ0n) is 11.6. The van der Waals surface area contributed by atoms with Gasteiger partial charge in [0.25, 0.3) is 5.69 Å². The SMILES string of the molecule is Clc1ccc2c(c1)-c1c(-c3ccccc3)oc3cccc-2[n+]13. The van der Waals surface area contributed by atoms with E-state index in [9.17, 15) is 0 Å². The lowest BCUT2D eigenvalue weighted by Crippen LogP contribution is -2.20. The molecule has 2 aromatic carbocycles. The first-order valence-corrected chi connectivity index (χ1v) is 7.54. The van der Waals surface area contributed by atoms with Crippen LogP contribution in [0.4, 0.5) is 0 Å². The molecule has 0 bridgehead atoms. The number of nitrogens with zero attached hydrogens (tertiary/aromatic N) is 1. The average molecular weight is 305 g/mol. The summed E-state index contributed by atoms with van der Waals surface area (Å²) in [4.78, 5) is 0. The fourth-order valence-electron chi connectivity index (χ4n) is 3.23. The number of rotatable bonds is 1. The average Bonchev–Trinajstić information content (AvgIpc) is 3.09. The summed E-state index contributed by atoms with van der Waals surface area (Å²) in [5.41, 5.74) is 6.45. The molecule has 0 unspecified atom stereocenters. The highest BCUT2D eigenvalue weighted by Crippen LogP contribution is 2.42. The highest BCUT2D eigenvalue weighted by molar-refractivity contribution is 6.31. The van der Waals surface area contributed by atoms with Crippen LogP contribution in [0, 0.1) is 0 Å². The monoisotopic (exact) mass is 304 g/mol. The molecule has 0 atom stereocenters. The molecule has 2 nitrogen and oxygen atoms in total. The highest BCUT2D eigenvalue weighted by atomic mass is 35.5. The van der Waals surface area contributed by atoms with Gasteiger partial charge in [0.15, 0.2) is 0 Å². The molecule has 0 N–H and O–H groups in total. The number of fused-ring (bicyclic) bond motifs is 3. The molecule has 0 saturated heterocycles. The summed E-state index contributed by atoms with van der Waals surface area (Å²) in [6.45, 7) is 0. The topological polar surface area (TPSA) is 17.2 Å². The smallest absolute Gasteiger partial charge is 0.380 e. The first-order chi connectivity index (χ1) is 10.8. The molecule has 0 saturated carbocycles. The Morgan fingerprint density at radius 2 is 1.68 bits per heavy atom. The van der Waals surface area contributed by atoms with E-state index in [1.807, 2.05) is 42.5 Å². The van der Waals surface area contributed by atoms with Gasteiger partial charge in [-0.25, -0.2) is 0 Å². The second kappa shape index (κ2) is 4.21. The third-order valence-electron chi connectivity index (χ3n) is 4.15. The van der Waals surface area contributed by atoms with Crippen LogP contribution in [0.3, 0.4) is 0 Å². The number of benzene rings is 2. The third-order valence-corrected chi connectivity index (χ3v) is 4.38. The number of pyridine rings is 1. The van der Waals surface area contributed by atoms with Crippen LogP contribution in [0.2, 0.25) is 5.02 Å². The number of halogens is 1. The Morgan fingerprint density at radius 3 is 2.55 bits per heavy atom. The second-order valence-electron chi connectivity index (χ2n) is 5.42. The molecule has 0 aliphatic carbocycles. The zero-order chi connectivity index (χ0) is 14.7. The molecule has 4 aromatic rings. The summed E-state index contributed by atoms with van der Waals surface area (Å²) in [7, 11) is 0. The molecule has 5 rings (SSSR count). The van der Waals surface area contributed by atoms with Crippen molar-refractivity contribution >= 4 is 17.3 Å². The van der Waals surface area contributed by atoms with Crippen molar-refractivity contribution in [2.45, 2.75) is 0 Å². The van der Waals surface area contributed by atoms with E-state index in [1.165, 1.54) is 5.56 Å². The Bertz CT molecular complexity index is 1030. The van der Waals surface area contributed by atoms with Gasteiger partial charge in [-0.2, -0.15) is 0 Å². The molecule has 22 heavy (non-hydrogen) atoms. The Hall–Kier alpha value is -2.58. The van der Waals surface area contributed by atoms with E-state index in [4.69, 9.17) is 16.0 Å². The predicted octanol–water partition coefficient (Wildman–Crippen LogP) is 4.99. The molecule has 0 radical (unpaired) electrons. The maximum atomic E-state index is 6.23. The van der Waals surface area contributed by atoms with Crippen LogP contribution >= 0.6 is 11.6 Å². The van der Waals surface area contributed by atoms with E-state index in [-0.39, 0.29) is 0 Å². The molecule has 0 spiro atoms. The standard InChI is InChI=1S/C19H11ClNO/c20-13-9-10-14-15(11-13)18-19(12-5-2-1-3-6-12)22-17-8-4-7-16(14)21(17)18/h1-11H/q+1.